The highest BCUT2D eigenvalue weighted by Gasteiger charge is 2.10. The van der Waals surface area contributed by atoms with Gasteiger partial charge in [-0.25, -0.2) is 8.78 Å². The molecule has 0 saturated heterocycles. The Morgan fingerprint density at radius 2 is 2.00 bits per heavy atom. The Bertz CT molecular complexity index is 47.0. The van der Waals surface area contributed by atoms with Gasteiger partial charge in [-0.2, -0.15) is 0 Å². The lowest BCUT2D eigenvalue weighted by molar-refractivity contribution is 0.114. The molecular formula is C4H9F2N. The van der Waals surface area contributed by atoms with Crippen molar-refractivity contribution in [2.24, 2.45) is 5.73 Å². The van der Waals surface area contributed by atoms with Gasteiger partial charge in [0.2, 0.25) is 0 Å². The van der Waals surface area contributed by atoms with E-state index in [0.717, 1.165) is 0 Å². The molecule has 0 bridgehead atoms. The van der Waals surface area contributed by atoms with Gasteiger partial charge in [0.1, 0.15) is 0 Å². The lowest BCUT2D eigenvalue weighted by Crippen LogP contribution is -2.27. The van der Waals surface area contributed by atoms with Gasteiger partial charge < -0.3 is 5.73 Å². The fourth-order valence-electron chi connectivity index (χ4n) is 0.178. The summed E-state index contributed by atoms with van der Waals surface area (Å²) in [7, 11) is 0. The fourth-order valence-corrected chi connectivity index (χ4v) is 0.178. The molecule has 0 aromatic rings. The van der Waals surface area contributed by atoms with Crippen LogP contribution in [0.1, 0.15) is 13.3 Å². The number of nitrogens with two attached hydrogens (primary N) is 1. The van der Waals surface area contributed by atoms with E-state index in [1.165, 1.54) is 0 Å². The van der Waals surface area contributed by atoms with Crippen molar-refractivity contribution >= 4 is 0 Å². The molecule has 0 spiro atoms. The van der Waals surface area contributed by atoms with Gasteiger partial charge >= 0.3 is 0 Å². The van der Waals surface area contributed by atoms with E-state index < -0.39 is 12.5 Å². The SMILES string of the molecule is CCC(N)C(F)F. The van der Waals surface area contributed by atoms with Crippen molar-refractivity contribution < 1.29 is 8.78 Å². The van der Waals surface area contributed by atoms with Gasteiger partial charge in [-0.1, -0.05) is 6.92 Å². The normalized spacial score (nSPS) is 15.0. The topological polar surface area (TPSA) is 26.0 Å². The summed E-state index contributed by atoms with van der Waals surface area (Å²) in [5.41, 5.74) is 4.87. The van der Waals surface area contributed by atoms with Crippen molar-refractivity contribution in [3.8, 4) is 0 Å². The highest BCUT2D eigenvalue weighted by molar-refractivity contribution is 4.58. The molecule has 0 aromatic carbocycles. The van der Waals surface area contributed by atoms with Gasteiger partial charge in [0.25, 0.3) is 6.43 Å². The van der Waals surface area contributed by atoms with E-state index >= 15 is 0 Å². The molecule has 0 radical (unpaired) electrons. The molecule has 0 aliphatic rings. The third kappa shape index (κ3) is 2.51. The van der Waals surface area contributed by atoms with Crippen molar-refractivity contribution in [2.75, 3.05) is 0 Å². The Kier molecular flexibility index (Phi) is 2.83. The minimum absolute atomic E-state index is 0.345. The van der Waals surface area contributed by atoms with E-state index in [4.69, 9.17) is 5.73 Å². The largest absolute Gasteiger partial charge is 0.323 e. The summed E-state index contributed by atoms with van der Waals surface area (Å²) in [6.07, 6.45) is -2.01. The minimum Gasteiger partial charge on any atom is -0.323 e. The molecule has 44 valence electrons. The smallest absolute Gasteiger partial charge is 0.253 e. The van der Waals surface area contributed by atoms with Gasteiger partial charge in [0.05, 0.1) is 6.04 Å². The zero-order chi connectivity index (χ0) is 5.86. The molecule has 0 amide bonds. The minimum atomic E-state index is -2.36. The second-order valence-electron chi connectivity index (χ2n) is 1.41. The van der Waals surface area contributed by atoms with Crippen molar-refractivity contribution in [3.05, 3.63) is 0 Å². The predicted octanol–water partition coefficient (Wildman–Crippen LogP) is 0.989. The summed E-state index contributed by atoms with van der Waals surface area (Å²) in [4.78, 5) is 0. The van der Waals surface area contributed by atoms with Crippen LogP contribution in [-0.4, -0.2) is 12.5 Å². The van der Waals surface area contributed by atoms with Gasteiger partial charge in [0, 0.05) is 0 Å². The van der Waals surface area contributed by atoms with E-state index in [1.807, 2.05) is 0 Å². The Hall–Kier alpha value is -0.180. The highest BCUT2D eigenvalue weighted by atomic mass is 19.3. The number of alkyl halides is 2. The molecule has 0 aromatic heterocycles. The maximum absolute atomic E-state index is 11.3. The quantitative estimate of drug-likeness (QED) is 0.562. The second kappa shape index (κ2) is 2.91. The van der Waals surface area contributed by atoms with Gasteiger partial charge in [-0.05, 0) is 6.42 Å². The Balaban J connectivity index is 3.14. The van der Waals surface area contributed by atoms with Crippen LogP contribution in [0.15, 0.2) is 0 Å². The van der Waals surface area contributed by atoms with Gasteiger partial charge in [-0.3, -0.25) is 0 Å². The average molecular weight is 109 g/mol. The van der Waals surface area contributed by atoms with Crippen LogP contribution in [0, 0.1) is 0 Å². The van der Waals surface area contributed by atoms with Crippen LogP contribution in [0.5, 0.6) is 0 Å². The first-order valence-corrected chi connectivity index (χ1v) is 2.22. The molecule has 0 rings (SSSR count). The Morgan fingerprint density at radius 1 is 1.57 bits per heavy atom. The zero-order valence-electron chi connectivity index (χ0n) is 4.20. The van der Waals surface area contributed by atoms with Crippen LogP contribution in [0.2, 0.25) is 0 Å². The van der Waals surface area contributed by atoms with Crippen LogP contribution < -0.4 is 5.73 Å². The maximum Gasteiger partial charge on any atom is 0.253 e. The zero-order valence-corrected chi connectivity index (χ0v) is 4.20. The van der Waals surface area contributed by atoms with Crippen LogP contribution >= 0.6 is 0 Å². The number of hydrogen-bond donors (Lipinski definition) is 1. The predicted molar refractivity (Wildman–Crippen MR) is 24.3 cm³/mol. The molecule has 1 nitrogen and oxygen atoms in total. The van der Waals surface area contributed by atoms with Crippen molar-refractivity contribution in [2.45, 2.75) is 25.8 Å². The summed E-state index contributed by atoms with van der Waals surface area (Å²) in [5.74, 6) is 0. The van der Waals surface area contributed by atoms with Crippen LogP contribution in [0.4, 0.5) is 8.78 Å². The molecular weight excluding hydrogens is 100 g/mol. The van der Waals surface area contributed by atoms with Crippen molar-refractivity contribution in [3.63, 3.8) is 0 Å². The number of hydrogen-bond acceptors (Lipinski definition) is 1. The van der Waals surface area contributed by atoms with Gasteiger partial charge in [0.15, 0.2) is 0 Å². The van der Waals surface area contributed by atoms with Gasteiger partial charge in [-0.15, -0.1) is 0 Å². The molecule has 0 aliphatic carbocycles. The Labute approximate surface area is 41.5 Å². The summed E-state index contributed by atoms with van der Waals surface area (Å²) in [6.45, 7) is 1.64. The van der Waals surface area contributed by atoms with E-state index in [0.29, 0.717) is 6.42 Å². The molecule has 1 unspecified atom stereocenters. The number of rotatable bonds is 2. The van der Waals surface area contributed by atoms with Crippen molar-refractivity contribution in [1.29, 1.82) is 0 Å². The monoisotopic (exact) mass is 109 g/mol. The van der Waals surface area contributed by atoms with Crippen LogP contribution in [0.3, 0.4) is 0 Å². The molecule has 0 saturated carbocycles. The van der Waals surface area contributed by atoms with E-state index in [-0.39, 0.29) is 0 Å². The average Bonchev–Trinajstić information content (AvgIpc) is 1.65. The lowest BCUT2D eigenvalue weighted by Gasteiger charge is -2.03. The molecule has 1 atom stereocenters. The molecule has 7 heavy (non-hydrogen) atoms. The first kappa shape index (κ1) is 6.82. The highest BCUT2D eigenvalue weighted by Crippen LogP contribution is 1.99. The fraction of sp³-hybridized carbons (Fsp3) is 1.00. The summed E-state index contributed by atoms with van der Waals surface area (Å²) < 4.78 is 22.6. The van der Waals surface area contributed by atoms with E-state index in [1.54, 1.807) is 6.92 Å². The third-order valence-corrected chi connectivity index (χ3v) is 0.795. The molecule has 0 heterocycles. The lowest BCUT2D eigenvalue weighted by atomic mass is 10.3. The third-order valence-electron chi connectivity index (χ3n) is 0.795. The summed E-state index contributed by atoms with van der Waals surface area (Å²) >= 11 is 0. The summed E-state index contributed by atoms with van der Waals surface area (Å²) in [5, 5.41) is 0. The molecule has 3 heteroatoms. The van der Waals surface area contributed by atoms with Crippen LogP contribution in [-0.2, 0) is 0 Å². The second-order valence-corrected chi connectivity index (χ2v) is 1.41. The summed E-state index contributed by atoms with van der Waals surface area (Å²) in [6, 6.07) is -0.931. The standard InChI is InChI=1S/C4H9F2N/c1-2-3(7)4(5)6/h3-4H,2,7H2,1H3. The molecule has 0 aliphatic heterocycles. The molecule has 0 fully saturated rings. The Morgan fingerprint density at radius 3 is 2.00 bits per heavy atom. The maximum atomic E-state index is 11.3. The molecule has 2 N–H and O–H groups in total. The van der Waals surface area contributed by atoms with E-state index in [9.17, 15) is 8.78 Å². The number of halogens is 2. The van der Waals surface area contributed by atoms with E-state index in [2.05, 4.69) is 0 Å². The first-order chi connectivity index (χ1) is 3.18. The van der Waals surface area contributed by atoms with Crippen LogP contribution in [0.25, 0.3) is 0 Å². The van der Waals surface area contributed by atoms with Crippen molar-refractivity contribution in [1.82, 2.24) is 0 Å². The first-order valence-electron chi connectivity index (χ1n) is 2.22.